The molecule has 1 aromatic rings. The van der Waals surface area contributed by atoms with Gasteiger partial charge in [0, 0.05) is 18.7 Å². The second-order valence-electron chi connectivity index (χ2n) is 3.87. The van der Waals surface area contributed by atoms with Gasteiger partial charge in [0.1, 0.15) is 5.75 Å². The smallest absolute Gasteiger partial charge is 0.188 e. The largest absolute Gasteiger partial charge is 0.467 e. The van der Waals surface area contributed by atoms with E-state index in [9.17, 15) is 0 Å². The van der Waals surface area contributed by atoms with E-state index in [1.54, 1.807) is 7.11 Å². The van der Waals surface area contributed by atoms with E-state index in [4.69, 9.17) is 9.47 Å². The van der Waals surface area contributed by atoms with E-state index < -0.39 is 0 Å². The van der Waals surface area contributed by atoms with Crippen LogP contribution in [-0.2, 0) is 4.74 Å². The summed E-state index contributed by atoms with van der Waals surface area (Å²) in [5.74, 6) is 0.890. The van der Waals surface area contributed by atoms with E-state index in [0.717, 1.165) is 12.3 Å². The van der Waals surface area contributed by atoms with Crippen LogP contribution >= 0.6 is 0 Å². The summed E-state index contributed by atoms with van der Waals surface area (Å²) < 4.78 is 10.5. The van der Waals surface area contributed by atoms with Gasteiger partial charge >= 0.3 is 0 Å². The zero-order valence-corrected chi connectivity index (χ0v) is 10.5. The molecule has 16 heavy (non-hydrogen) atoms. The fourth-order valence-electron chi connectivity index (χ4n) is 1.68. The molecule has 1 N–H and O–H groups in total. The van der Waals surface area contributed by atoms with Gasteiger partial charge in [-0.15, -0.1) is 0 Å². The Kier molecular flexibility index (Phi) is 5.29. The quantitative estimate of drug-likeness (QED) is 0.752. The van der Waals surface area contributed by atoms with Gasteiger partial charge in [-0.25, -0.2) is 0 Å². The molecule has 1 atom stereocenters. The van der Waals surface area contributed by atoms with E-state index in [2.05, 4.69) is 32.2 Å². The summed E-state index contributed by atoms with van der Waals surface area (Å²) in [5, 5.41) is 3.38. The molecule has 3 nitrogen and oxygen atoms in total. The second kappa shape index (κ2) is 6.51. The Balaban J connectivity index is 2.88. The van der Waals surface area contributed by atoms with Crippen molar-refractivity contribution in [1.82, 2.24) is 5.32 Å². The van der Waals surface area contributed by atoms with E-state index in [-0.39, 0.29) is 12.8 Å². The maximum atomic E-state index is 5.55. The topological polar surface area (TPSA) is 30.5 Å². The maximum absolute atomic E-state index is 5.55. The molecule has 3 heteroatoms. The first kappa shape index (κ1) is 13.0. The molecule has 0 aromatic heterocycles. The Labute approximate surface area is 97.8 Å². The average molecular weight is 223 g/mol. The van der Waals surface area contributed by atoms with Crippen molar-refractivity contribution in [2.24, 2.45) is 0 Å². The number of nitrogens with one attached hydrogen (secondary N) is 1. The van der Waals surface area contributed by atoms with Gasteiger partial charge in [0.15, 0.2) is 6.79 Å². The minimum atomic E-state index is 0.287. The molecule has 0 heterocycles. The molecule has 0 saturated heterocycles. The predicted octanol–water partition coefficient (Wildman–Crippen LogP) is 2.65. The molecule has 0 amide bonds. The Morgan fingerprint density at radius 2 is 2.12 bits per heavy atom. The molecule has 1 unspecified atom stereocenters. The van der Waals surface area contributed by atoms with Gasteiger partial charge < -0.3 is 14.8 Å². The predicted molar refractivity (Wildman–Crippen MR) is 65.8 cm³/mol. The summed E-state index contributed by atoms with van der Waals surface area (Å²) >= 11 is 0. The molecule has 0 aliphatic heterocycles. The number of rotatable bonds is 6. The average Bonchev–Trinajstić information content (AvgIpc) is 2.27. The van der Waals surface area contributed by atoms with Crippen LogP contribution in [0, 0.1) is 6.92 Å². The van der Waals surface area contributed by atoms with Crippen LogP contribution in [0.25, 0.3) is 0 Å². The van der Waals surface area contributed by atoms with E-state index in [1.165, 1.54) is 11.1 Å². The minimum Gasteiger partial charge on any atom is -0.467 e. The van der Waals surface area contributed by atoms with Gasteiger partial charge in [0.25, 0.3) is 0 Å². The van der Waals surface area contributed by atoms with Crippen molar-refractivity contribution in [1.29, 1.82) is 0 Å². The lowest BCUT2D eigenvalue weighted by Gasteiger charge is -2.18. The lowest BCUT2D eigenvalue weighted by molar-refractivity contribution is 0.0501. The third kappa shape index (κ3) is 3.51. The van der Waals surface area contributed by atoms with Crippen LogP contribution in [0.3, 0.4) is 0 Å². The van der Waals surface area contributed by atoms with Gasteiger partial charge in [-0.2, -0.15) is 0 Å². The standard InChI is InChI=1S/C13H21NO2/c1-5-14-11(3)12-8-10(2)6-7-13(12)16-9-15-4/h6-8,11,14H,5,9H2,1-4H3. The first-order valence-corrected chi connectivity index (χ1v) is 5.64. The molecule has 0 radical (unpaired) electrons. The van der Waals surface area contributed by atoms with Crippen LogP contribution in [0.2, 0.25) is 0 Å². The zero-order chi connectivity index (χ0) is 12.0. The fourth-order valence-corrected chi connectivity index (χ4v) is 1.68. The first-order chi connectivity index (χ1) is 7.69. The third-order valence-electron chi connectivity index (χ3n) is 2.47. The summed E-state index contributed by atoms with van der Waals surface area (Å²) in [6.45, 7) is 7.55. The molecular formula is C13H21NO2. The summed E-state index contributed by atoms with van der Waals surface area (Å²) in [7, 11) is 1.63. The molecule has 0 bridgehead atoms. The van der Waals surface area contributed by atoms with E-state index in [0.29, 0.717) is 0 Å². The summed E-state index contributed by atoms with van der Waals surface area (Å²) in [6, 6.07) is 6.49. The minimum absolute atomic E-state index is 0.287. The lowest BCUT2D eigenvalue weighted by Crippen LogP contribution is -2.19. The molecule has 0 aliphatic rings. The highest BCUT2D eigenvalue weighted by molar-refractivity contribution is 5.38. The van der Waals surface area contributed by atoms with Crippen LogP contribution in [-0.4, -0.2) is 20.4 Å². The lowest BCUT2D eigenvalue weighted by atomic mass is 10.0. The summed E-state index contributed by atoms with van der Waals surface area (Å²) in [5.41, 5.74) is 2.42. The molecule has 1 rings (SSSR count). The van der Waals surface area contributed by atoms with Crippen molar-refractivity contribution in [3.05, 3.63) is 29.3 Å². The Morgan fingerprint density at radius 3 is 2.75 bits per heavy atom. The number of methoxy groups -OCH3 is 1. The van der Waals surface area contributed by atoms with Crippen molar-refractivity contribution in [3.8, 4) is 5.75 Å². The molecule has 0 spiro atoms. The monoisotopic (exact) mass is 223 g/mol. The molecule has 1 aromatic carbocycles. The second-order valence-corrected chi connectivity index (χ2v) is 3.87. The van der Waals surface area contributed by atoms with Crippen molar-refractivity contribution in [2.75, 3.05) is 20.4 Å². The molecule has 0 fully saturated rings. The molecule has 0 aliphatic carbocycles. The van der Waals surface area contributed by atoms with Crippen LogP contribution in [0.1, 0.15) is 31.0 Å². The Bertz CT molecular complexity index is 326. The summed E-state index contributed by atoms with van der Waals surface area (Å²) in [4.78, 5) is 0. The zero-order valence-electron chi connectivity index (χ0n) is 10.5. The van der Waals surface area contributed by atoms with E-state index >= 15 is 0 Å². The SMILES string of the molecule is CCNC(C)c1cc(C)ccc1OCOC. The van der Waals surface area contributed by atoms with Gasteiger partial charge in [-0.05, 0) is 26.5 Å². The van der Waals surface area contributed by atoms with Crippen molar-refractivity contribution in [3.63, 3.8) is 0 Å². The number of benzene rings is 1. The number of hydrogen-bond donors (Lipinski definition) is 1. The van der Waals surface area contributed by atoms with Gasteiger partial charge in [-0.1, -0.05) is 24.6 Å². The van der Waals surface area contributed by atoms with Crippen molar-refractivity contribution in [2.45, 2.75) is 26.8 Å². The van der Waals surface area contributed by atoms with Crippen LogP contribution < -0.4 is 10.1 Å². The number of aryl methyl sites for hydroxylation is 1. The number of ether oxygens (including phenoxy) is 2. The molecule has 0 saturated carbocycles. The Hall–Kier alpha value is -1.06. The number of hydrogen-bond acceptors (Lipinski definition) is 3. The summed E-state index contributed by atoms with van der Waals surface area (Å²) in [6.07, 6.45) is 0. The van der Waals surface area contributed by atoms with Crippen molar-refractivity contribution >= 4 is 0 Å². The van der Waals surface area contributed by atoms with Gasteiger partial charge in [0.2, 0.25) is 0 Å². The normalized spacial score (nSPS) is 12.5. The Morgan fingerprint density at radius 1 is 1.38 bits per heavy atom. The maximum Gasteiger partial charge on any atom is 0.188 e. The van der Waals surface area contributed by atoms with Gasteiger partial charge in [-0.3, -0.25) is 0 Å². The highest BCUT2D eigenvalue weighted by Crippen LogP contribution is 2.26. The highest BCUT2D eigenvalue weighted by Gasteiger charge is 2.10. The van der Waals surface area contributed by atoms with Crippen LogP contribution in [0.15, 0.2) is 18.2 Å². The van der Waals surface area contributed by atoms with Crippen LogP contribution in [0.4, 0.5) is 0 Å². The first-order valence-electron chi connectivity index (χ1n) is 5.64. The molecule has 90 valence electrons. The third-order valence-corrected chi connectivity index (χ3v) is 2.47. The van der Waals surface area contributed by atoms with Crippen molar-refractivity contribution < 1.29 is 9.47 Å². The highest BCUT2D eigenvalue weighted by atomic mass is 16.7. The fraction of sp³-hybridized carbons (Fsp3) is 0.538. The van der Waals surface area contributed by atoms with E-state index in [1.807, 2.05) is 12.1 Å². The molecular weight excluding hydrogens is 202 g/mol. The van der Waals surface area contributed by atoms with Gasteiger partial charge in [0.05, 0.1) is 0 Å². The van der Waals surface area contributed by atoms with Crippen LogP contribution in [0.5, 0.6) is 5.75 Å².